The molecular weight excluding hydrogens is 372 g/mol. The van der Waals surface area contributed by atoms with Crippen LogP contribution in [-0.2, 0) is 6.18 Å². The van der Waals surface area contributed by atoms with Crippen LogP contribution in [0, 0.1) is 0 Å². The lowest BCUT2D eigenvalue weighted by Crippen LogP contribution is -2.05. The highest BCUT2D eigenvalue weighted by Gasteiger charge is 2.31. The van der Waals surface area contributed by atoms with E-state index in [4.69, 9.17) is 34.8 Å². The summed E-state index contributed by atoms with van der Waals surface area (Å²) in [7, 11) is 0. The molecule has 0 aromatic heterocycles. The van der Waals surface area contributed by atoms with Crippen LogP contribution in [0.25, 0.3) is 21.5 Å². The van der Waals surface area contributed by atoms with Crippen molar-refractivity contribution in [2.45, 2.75) is 6.18 Å². The fourth-order valence-electron chi connectivity index (χ4n) is 2.52. The molecule has 23 heavy (non-hydrogen) atoms. The molecular formula is C16H6Cl3F3O. The van der Waals surface area contributed by atoms with Gasteiger partial charge in [-0.15, -0.1) is 0 Å². The van der Waals surface area contributed by atoms with E-state index in [9.17, 15) is 18.0 Å². The Hall–Kier alpha value is -1.49. The third-order valence-electron chi connectivity index (χ3n) is 3.52. The summed E-state index contributed by atoms with van der Waals surface area (Å²) in [6.07, 6.45) is -4.51. The molecule has 0 heterocycles. The summed E-state index contributed by atoms with van der Waals surface area (Å²) < 4.78 is 39.0. The Morgan fingerprint density at radius 3 is 2.13 bits per heavy atom. The molecule has 0 saturated carbocycles. The minimum absolute atomic E-state index is 0.0899. The Bertz CT molecular complexity index is 964. The average Bonchev–Trinajstić information content (AvgIpc) is 2.44. The molecule has 3 rings (SSSR count). The molecule has 3 aromatic carbocycles. The molecule has 0 radical (unpaired) electrons. The summed E-state index contributed by atoms with van der Waals surface area (Å²) in [5, 5.41) is 1.09. The Morgan fingerprint density at radius 2 is 1.52 bits per heavy atom. The predicted octanol–water partition coefficient (Wildman–Crippen LogP) is 6.70. The highest BCUT2D eigenvalue weighted by atomic mass is 35.5. The first-order valence-electron chi connectivity index (χ1n) is 6.31. The van der Waals surface area contributed by atoms with Crippen molar-refractivity contribution < 1.29 is 18.0 Å². The van der Waals surface area contributed by atoms with Crippen molar-refractivity contribution in [2.75, 3.05) is 0 Å². The molecule has 0 spiro atoms. The summed E-state index contributed by atoms with van der Waals surface area (Å²) >= 11 is 17.6. The maximum Gasteiger partial charge on any atom is 0.416 e. The zero-order valence-electron chi connectivity index (χ0n) is 11.1. The lowest BCUT2D eigenvalue weighted by molar-refractivity contribution is -0.137. The molecule has 0 aliphatic rings. The number of benzene rings is 3. The number of carbonyl (C=O) groups is 1. The minimum atomic E-state index is -4.51. The van der Waals surface area contributed by atoms with Gasteiger partial charge in [0.2, 0.25) is 0 Å². The van der Waals surface area contributed by atoms with Crippen molar-refractivity contribution in [3.8, 4) is 0 Å². The van der Waals surface area contributed by atoms with E-state index in [0.29, 0.717) is 16.2 Å². The number of carbonyl (C=O) groups excluding carboxylic acids is 1. The fraction of sp³-hybridized carbons (Fsp3) is 0.0625. The van der Waals surface area contributed by atoms with Crippen LogP contribution in [0.15, 0.2) is 36.4 Å². The van der Waals surface area contributed by atoms with Gasteiger partial charge in [-0.2, -0.15) is 13.2 Å². The largest absolute Gasteiger partial charge is 0.416 e. The molecule has 0 unspecified atom stereocenters. The second-order valence-electron chi connectivity index (χ2n) is 4.94. The van der Waals surface area contributed by atoms with E-state index < -0.39 is 17.0 Å². The van der Waals surface area contributed by atoms with Crippen LogP contribution in [0.4, 0.5) is 13.2 Å². The predicted molar refractivity (Wildman–Crippen MR) is 86.7 cm³/mol. The van der Waals surface area contributed by atoms with Gasteiger partial charge in [0.15, 0.2) is 0 Å². The Labute approximate surface area is 143 Å². The highest BCUT2D eigenvalue weighted by molar-refractivity contribution is 6.69. The standard InChI is InChI=1S/C16H6Cl3F3O/c17-8-4-11-10-3-7(16(20,21)22)1-2-9(10)13(15(19)23)6-12(11)14(18)5-8/h1-6H. The molecule has 7 heteroatoms. The second kappa shape index (κ2) is 5.55. The van der Waals surface area contributed by atoms with E-state index in [1.54, 1.807) is 0 Å². The second-order valence-corrected chi connectivity index (χ2v) is 6.13. The van der Waals surface area contributed by atoms with Gasteiger partial charge in [-0.3, -0.25) is 4.79 Å². The average molecular weight is 378 g/mol. The molecule has 0 amide bonds. The van der Waals surface area contributed by atoms with Crippen molar-refractivity contribution >= 4 is 61.6 Å². The molecule has 118 valence electrons. The maximum absolute atomic E-state index is 13.0. The molecule has 0 atom stereocenters. The van der Waals surface area contributed by atoms with Gasteiger partial charge < -0.3 is 0 Å². The van der Waals surface area contributed by atoms with Gasteiger partial charge in [-0.1, -0.05) is 29.3 Å². The number of rotatable bonds is 1. The van der Waals surface area contributed by atoms with Crippen molar-refractivity contribution in [1.29, 1.82) is 0 Å². The van der Waals surface area contributed by atoms with Crippen LogP contribution < -0.4 is 0 Å². The normalized spacial score (nSPS) is 12.1. The Kier molecular flexibility index (Phi) is 3.95. The first-order chi connectivity index (χ1) is 10.7. The van der Waals surface area contributed by atoms with Crippen LogP contribution in [0.3, 0.4) is 0 Å². The first kappa shape index (κ1) is 16.4. The molecule has 0 aliphatic heterocycles. The Morgan fingerprint density at radius 1 is 0.870 bits per heavy atom. The van der Waals surface area contributed by atoms with Gasteiger partial charge in [0.05, 0.1) is 5.56 Å². The SMILES string of the molecule is O=C(Cl)c1cc2c(Cl)cc(Cl)cc2c2cc(C(F)(F)F)ccc12. The van der Waals surface area contributed by atoms with Crippen LogP contribution in [-0.4, -0.2) is 5.24 Å². The fourth-order valence-corrected chi connectivity index (χ4v) is 3.22. The molecule has 0 aliphatic carbocycles. The number of halogens is 6. The molecule has 1 nitrogen and oxygen atoms in total. The molecule has 0 saturated heterocycles. The van der Waals surface area contributed by atoms with Crippen LogP contribution >= 0.6 is 34.8 Å². The Balaban J connectivity index is 2.55. The zero-order chi connectivity index (χ0) is 16.9. The zero-order valence-corrected chi connectivity index (χ0v) is 13.4. The van der Waals surface area contributed by atoms with E-state index in [1.165, 1.54) is 24.3 Å². The first-order valence-corrected chi connectivity index (χ1v) is 7.44. The molecule has 0 fully saturated rings. The van der Waals surface area contributed by atoms with Gasteiger partial charge in [-0.05, 0) is 58.1 Å². The maximum atomic E-state index is 13.0. The van der Waals surface area contributed by atoms with Gasteiger partial charge in [0.1, 0.15) is 0 Å². The lowest BCUT2D eigenvalue weighted by atomic mass is 9.96. The van der Waals surface area contributed by atoms with Crippen molar-refractivity contribution in [2.24, 2.45) is 0 Å². The van der Waals surface area contributed by atoms with E-state index in [-0.39, 0.29) is 21.0 Å². The number of hydrogen-bond donors (Lipinski definition) is 0. The van der Waals surface area contributed by atoms with Gasteiger partial charge in [-0.25, -0.2) is 0 Å². The smallest absolute Gasteiger partial charge is 0.276 e. The van der Waals surface area contributed by atoms with Crippen LogP contribution in [0.5, 0.6) is 0 Å². The van der Waals surface area contributed by atoms with Gasteiger partial charge in [0.25, 0.3) is 5.24 Å². The summed E-state index contributed by atoms with van der Waals surface area (Å²) in [5.74, 6) is 0. The van der Waals surface area contributed by atoms with E-state index in [1.807, 2.05) is 0 Å². The van der Waals surface area contributed by atoms with E-state index in [2.05, 4.69) is 0 Å². The van der Waals surface area contributed by atoms with Crippen molar-refractivity contribution in [1.82, 2.24) is 0 Å². The topological polar surface area (TPSA) is 17.1 Å². The van der Waals surface area contributed by atoms with Gasteiger partial charge in [0, 0.05) is 21.0 Å². The van der Waals surface area contributed by atoms with Gasteiger partial charge >= 0.3 is 6.18 Å². The lowest BCUT2D eigenvalue weighted by Gasteiger charge is -2.13. The number of alkyl halides is 3. The molecule has 0 bridgehead atoms. The number of hydrogen-bond acceptors (Lipinski definition) is 1. The summed E-state index contributed by atoms with van der Waals surface area (Å²) in [6.45, 7) is 0. The monoisotopic (exact) mass is 376 g/mol. The minimum Gasteiger partial charge on any atom is -0.276 e. The quantitative estimate of drug-likeness (QED) is 0.341. The van der Waals surface area contributed by atoms with E-state index >= 15 is 0 Å². The van der Waals surface area contributed by atoms with Crippen LogP contribution in [0.1, 0.15) is 15.9 Å². The van der Waals surface area contributed by atoms with E-state index in [0.717, 1.165) is 12.1 Å². The summed E-state index contributed by atoms with van der Waals surface area (Å²) in [6, 6.07) is 7.51. The highest BCUT2D eigenvalue weighted by Crippen LogP contribution is 2.38. The summed E-state index contributed by atoms with van der Waals surface area (Å²) in [4.78, 5) is 11.6. The third kappa shape index (κ3) is 2.87. The molecule has 3 aromatic rings. The summed E-state index contributed by atoms with van der Waals surface area (Å²) in [5.41, 5.74) is -0.742. The third-order valence-corrected chi connectivity index (χ3v) is 4.26. The van der Waals surface area contributed by atoms with Crippen molar-refractivity contribution in [3.63, 3.8) is 0 Å². The number of fused-ring (bicyclic) bond motifs is 3. The van der Waals surface area contributed by atoms with Crippen molar-refractivity contribution in [3.05, 3.63) is 57.6 Å². The molecule has 0 N–H and O–H groups in total. The van der Waals surface area contributed by atoms with Crippen LogP contribution in [0.2, 0.25) is 10.0 Å².